The maximum atomic E-state index is 6.67. The minimum atomic E-state index is 0.0720. The van der Waals surface area contributed by atoms with Gasteiger partial charge in [-0.15, -0.1) is 0 Å². The zero-order valence-electron chi connectivity index (χ0n) is 17.3. The molecule has 3 aromatic carbocycles. The van der Waals surface area contributed by atoms with E-state index < -0.39 is 0 Å². The molecule has 3 nitrogen and oxygen atoms in total. The fraction of sp³-hybridized carbons (Fsp3) is 0.280. The number of methoxy groups -OCH3 is 1. The predicted molar refractivity (Wildman–Crippen MR) is 131 cm³/mol. The first-order chi connectivity index (χ1) is 15.0. The van der Waals surface area contributed by atoms with Gasteiger partial charge in [0, 0.05) is 47.5 Å². The van der Waals surface area contributed by atoms with Crippen molar-refractivity contribution in [3.05, 3.63) is 99.0 Å². The van der Waals surface area contributed by atoms with Crippen LogP contribution in [0.5, 0.6) is 0 Å². The average Bonchev–Trinajstić information content (AvgIpc) is 2.76. The van der Waals surface area contributed by atoms with Crippen molar-refractivity contribution in [3.63, 3.8) is 0 Å². The van der Waals surface area contributed by atoms with E-state index in [1.54, 1.807) is 7.11 Å². The molecule has 1 fully saturated rings. The molecule has 0 radical (unpaired) electrons. The summed E-state index contributed by atoms with van der Waals surface area (Å²) in [5.74, 6) is 0. The van der Waals surface area contributed by atoms with E-state index in [2.05, 4.69) is 46.2 Å². The second-order valence-electron chi connectivity index (χ2n) is 7.83. The largest absolute Gasteiger partial charge is 0.383 e. The van der Waals surface area contributed by atoms with Gasteiger partial charge in [0.2, 0.25) is 0 Å². The second-order valence-corrected chi connectivity index (χ2v) is 9.11. The average molecular weight is 476 g/mol. The summed E-state index contributed by atoms with van der Waals surface area (Å²) in [6.07, 6.45) is 0. The molecule has 4 rings (SSSR count). The zero-order chi connectivity index (χ0) is 21.8. The fourth-order valence-corrected chi connectivity index (χ4v) is 4.92. The second kappa shape index (κ2) is 10.2. The Morgan fingerprint density at radius 1 is 0.871 bits per heavy atom. The Labute approximate surface area is 199 Å². The van der Waals surface area contributed by atoms with Crippen molar-refractivity contribution in [2.24, 2.45) is 0 Å². The third-order valence-electron chi connectivity index (χ3n) is 5.77. The number of anilines is 1. The van der Waals surface area contributed by atoms with Crippen molar-refractivity contribution in [2.75, 3.05) is 31.7 Å². The lowest BCUT2D eigenvalue weighted by molar-refractivity contribution is 0.0644. The van der Waals surface area contributed by atoms with Crippen LogP contribution in [0.4, 0.5) is 5.69 Å². The molecule has 0 saturated carbocycles. The molecular formula is C25H25Cl3N2O. The van der Waals surface area contributed by atoms with Gasteiger partial charge in [-0.25, -0.2) is 0 Å². The molecule has 0 spiro atoms. The number of piperazine rings is 1. The van der Waals surface area contributed by atoms with Crippen LogP contribution in [0.2, 0.25) is 15.1 Å². The first kappa shape index (κ1) is 22.4. The molecule has 0 aliphatic carbocycles. The third kappa shape index (κ3) is 5.36. The summed E-state index contributed by atoms with van der Waals surface area (Å²) in [5, 5.41) is 2.04. The Morgan fingerprint density at radius 3 is 2.26 bits per heavy atom. The van der Waals surface area contributed by atoms with Crippen LogP contribution < -0.4 is 4.90 Å². The van der Waals surface area contributed by atoms with E-state index in [1.165, 1.54) is 5.56 Å². The number of hydrogen-bond acceptors (Lipinski definition) is 3. The van der Waals surface area contributed by atoms with E-state index >= 15 is 0 Å². The summed E-state index contributed by atoms with van der Waals surface area (Å²) in [4.78, 5) is 4.89. The maximum Gasteiger partial charge on any atom is 0.0685 e. The fourth-order valence-electron chi connectivity index (χ4n) is 4.26. The highest BCUT2D eigenvalue weighted by atomic mass is 35.5. The summed E-state index contributed by atoms with van der Waals surface area (Å²) >= 11 is 19.0. The molecule has 6 heteroatoms. The summed E-state index contributed by atoms with van der Waals surface area (Å²) < 4.78 is 5.60. The minimum Gasteiger partial charge on any atom is -0.383 e. The molecule has 1 aliphatic heterocycles. The lowest BCUT2D eigenvalue weighted by atomic mass is 9.97. The number of benzene rings is 3. The van der Waals surface area contributed by atoms with Gasteiger partial charge in [0.05, 0.1) is 18.7 Å². The van der Waals surface area contributed by atoms with Crippen molar-refractivity contribution in [1.29, 1.82) is 0 Å². The molecule has 2 atom stereocenters. The Balaban J connectivity index is 1.71. The van der Waals surface area contributed by atoms with Crippen LogP contribution in [0.1, 0.15) is 17.2 Å². The first-order valence-corrected chi connectivity index (χ1v) is 11.4. The Morgan fingerprint density at radius 2 is 1.58 bits per heavy atom. The first-order valence-electron chi connectivity index (χ1n) is 10.3. The molecular weight excluding hydrogens is 451 g/mol. The van der Waals surface area contributed by atoms with Gasteiger partial charge in [-0.3, -0.25) is 4.90 Å². The standard InChI is InChI=1S/C25H25Cl3N2O/c1-31-17-22-15-30(21-10-7-19(26)8-11-21)25(23-12-9-20(27)13-24(23)28)16-29(22)14-18-5-3-2-4-6-18/h2-13,22,25H,14-17H2,1H3/t22-,25-/m0/s1. The monoisotopic (exact) mass is 474 g/mol. The van der Waals surface area contributed by atoms with Gasteiger partial charge in [-0.2, -0.15) is 0 Å². The van der Waals surface area contributed by atoms with Crippen LogP contribution in [0.25, 0.3) is 0 Å². The van der Waals surface area contributed by atoms with Crippen LogP contribution >= 0.6 is 34.8 Å². The van der Waals surface area contributed by atoms with Gasteiger partial charge in [-0.05, 0) is 47.5 Å². The van der Waals surface area contributed by atoms with Crippen LogP contribution in [-0.4, -0.2) is 37.7 Å². The van der Waals surface area contributed by atoms with Crippen LogP contribution in [-0.2, 0) is 11.3 Å². The Bertz CT molecular complexity index is 997. The molecule has 162 valence electrons. The lowest BCUT2D eigenvalue weighted by Gasteiger charge is -2.48. The van der Waals surface area contributed by atoms with Gasteiger partial charge in [0.25, 0.3) is 0 Å². The molecule has 0 amide bonds. The molecule has 1 heterocycles. The van der Waals surface area contributed by atoms with Crippen LogP contribution in [0.15, 0.2) is 72.8 Å². The van der Waals surface area contributed by atoms with Crippen LogP contribution in [0.3, 0.4) is 0 Å². The Hall–Kier alpha value is -1.75. The van der Waals surface area contributed by atoms with Crippen molar-refractivity contribution in [2.45, 2.75) is 18.6 Å². The highest BCUT2D eigenvalue weighted by Crippen LogP contribution is 2.37. The highest BCUT2D eigenvalue weighted by Gasteiger charge is 2.35. The van der Waals surface area contributed by atoms with E-state index in [0.717, 1.165) is 35.9 Å². The highest BCUT2D eigenvalue weighted by molar-refractivity contribution is 6.35. The number of ether oxygens (including phenoxy) is 1. The van der Waals surface area contributed by atoms with E-state index in [0.29, 0.717) is 16.7 Å². The van der Waals surface area contributed by atoms with Crippen molar-refractivity contribution < 1.29 is 4.74 Å². The van der Waals surface area contributed by atoms with Crippen molar-refractivity contribution in [1.82, 2.24) is 4.90 Å². The summed E-state index contributed by atoms with van der Waals surface area (Å²) in [6, 6.07) is 24.6. The van der Waals surface area contributed by atoms with Gasteiger partial charge in [0.15, 0.2) is 0 Å². The lowest BCUT2D eigenvalue weighted by Crippen LogP contribution is -2.56. The summed E-state index contributed by atoms with van der Waals surface area (Å²) in [7, 11) is 1.76. The molecule has 1 saturated heterocycles. The quantitative estimate of drug-likeness (QED) is 0.393. The summed E-state index contributed by atoms with van der Waals surface area (Å²) in [5.41, 5.74) is 3.46. The van der Waals surface area contributed by atoms with Gasteiger partial charge in [0.1, 0.15) is 0 Å². The smallest absolute Gasteiger partial charge is 0.0685 e. The molecule has 31 heavy (non-hydrogen) atoms. The minimum absolute atomic E-state index is 0.0720. The van der Waals surface area contributed by atoms with E-state index in [-0.39, 0.29) is 12.1 Å². The maximum absolute atomic E-state index is 6.67. The summed E-state index contributed by atoms with van der Waals surface area (Å²) in [6.45, 7) is 3.13. The molecule has 0 bridgehead atoms. The van der Waals surface area contributed by atoms with E-state index in [1.807, 2.05) is 36.4 Å². The van der Waals surface area contributed by atoms with E-state index in [4.69, 9.17) is 39.5 Å². The van der Waals surface area contributed by atoms with Gasteiger partial charge < -0.3 is 9.64 Å². The number of halogens is 3. The number of hydrogen-bond donors (Lipinski definition) is 0. The SMILES string of the molecule is COC[C@@H]1CN(c2ccc(Cl)cc2)[C@H](c2ccc(Cl)cc2Cl)CN1Cc1ccccc1. The molecule has 0 N–H and O–H groups in total. The number of nitrogens with zero attached hydrogens (tertiary/aromatic N) is 2. The topological polar surface area (TPSA) is 15.7 Å². The molecule has 0 unspecified atom stereocenters. The van der Waals surface area contributed by atoms with Gasteiger partial charge in [-0.1, -0.05) is 71.2 Å². The normalized spacial score (nSPS) is 19.5. The van der Waals surface area contributed by atoms with E-state index in [9.17, 15) is 0 Å². The van der Waals surface area contributed by atoms with Crippen molar-refractivity contribution >= 4 is 40.5 Å². The van der Waals surface area contributed by atoms with Crippen LogP contribution in [0, 0.1) is 0 Å². The zero-order valence-corrected chi connectivity index (χ0v) is 19.6. The predicted octanol–water partition coefficient (Wildman–Crippen LogP) is 6.73. The molecule has 3 aromatic rings. The number of rotatable bonds is 6. The third-order valence-corrected chi connectivity index (χ3v) is 6.59. The Kier molecular flexibility index (Phi) is 7.42. The van der Waals surface area contributed by atoms with Gasteiger partial charge >= 0.3 is 0 Å². The van der Waals surface area contributed by atoms with Crippen molar-refractivity contribution in [3.8, 4) is 0 Å². The molecule has 1 aliphatic rings. The molecule has 0 aromatic heterocycles.